The van der Waals surface area contributed by atoms with Crippen LogP contribution < -0.4 is 5.73 Å². The molecule has 1 fully saturated rings. The van der Waals surface area contributed by atoms with E-state index in [1.165, 1.54) is 12.3 Å². The number of ketones is 1. The molecular formula is C16H16N2O3. The third-order valence-corrected chi connectivity index (χ3v) is 4.58. The largest absolute Gasteiger partial charge is 0.475 e. The fourth-order valence-corrected chi connectivity index (χ4v) is 3.16. The molecule has 0 spiro atoms. The normalized spacial score (nSPS) is 38.2. The summed E-state index contributed by atoms with van der Waals surface area (Å²) in [7, 11) is 0. The Morgan fingerprint density at radius 2 is 2.19 bits per heavy atom. The molecule has 2 aliphatic rings. The van der Waals surface area contributed by atoms with Crippen molar-refractivity contribution < 1.29 is 13.9 Å². The molecule has 0 bridgehead atoms. The van der Waals surface area contributed by atoms with Gasteiger partial charge >= 0.3 is 0 Å². The van der Waals surface area contributed by atoms with Gasteiger partial charge in [0.25, 0.3) is 0 Å². The van der Waals surface area contributed by atoms with Crippen molar-refractivity contribution >= 4 is 5.78 Å². The van der Waals surface area contributed by atoms with E-state index in [0.29, 0.717) is 5.76 Å². The molecule has 0 amide bonds. The van der Waals surface area contributed by atoms with E-state index < -0.39 is 23.0 Å². The molecule has 2 N–H and O–H groups in total. The highest BCUT2D eigenvalue weighted by molar-refractivity contribution is 5.96. The summed E-state index contributed by atoms with van der Waals surface area (Å²) in [6, 6.07) is 4.04. The lowest BCUT2D eigenvalue weighted by Crippen LogP contribution is -2.61. The van der Waals surface area contributed by atoms with E-state index in [1.807, 2.05) is 0 Å². The van der Waals surface area contributed by atoms with E-state index in [1.54, 1.807) is 38.3 Å². The Hall–Kier alpha value is -2.32. The molecular weight excluding hydrogens is 268 g/mol. The third-order valence-electron chi connectivity index (χ3n) is 4.58. The maximum Gasteiger partial charge on any atom is 0.174 e. The molecule has 5 nitrogen and oxygen atoms in total. The lowest BCUT2D eigenvalue weighted by Gasteiger charge is -2.51. The lowest BCUT2D eigenvalue weighted by atomic mass is 9.60. The van der Waals surface area contributed by atoms with E-state index >= 15 is 0 Å². The zero-order chi connectivity index (χ0) is 15.3. The first-order valence-corrected chi connectivity index (χ1v) is 6.74. The SMILES string of the molecule is CC1(N)OC2=CC=CC(=O)C2C(c2ccoc2)C1(C)C#N. The van der Waals surface area contributed by atoms with Crippen molar-refractivity contribution in [2.45, 2.75) is 25.5 Å². The predicted octanol–water partition coefficient (Wildman–Crippen LogP) is 2.24. The Labute approximate surface area is 122 Å². The molecule has 1 aliphatic carbocycles. The number of carbonyl (C=O) groups excluding carboxylic acids is 1. The molecule has 1 aromatic heterocycles. The summed E-state index contributed by atoms with van der Waals surface area (Å²) in [6.07, 6.45) is 7.97. The molecule has 4 unspecified atom stereocenters. The summed E-state index contributed by atoms with van der Waals surface area (Å²) in [5.74, 6) is -0.551. The average Bonchev–Trinajstić information content (AvgIpc) is 2.94. The average molecular weight is 284 g/mol. The number of nitrogens with two attached hydrogens (primary N) is 1. The second kappa shape index (κ2) is 4.34. The molecule has 1 aliphatic heterocycles. The molecule has 4 atom stereocenters. The van der Waals surface area contributed by atoms with Gasteiger partial charge in [-0.25, -0.2) is 0 Å². The van der Waals surface area contributed by atoms with Gasteiger partial charge in [-0.2, -0.15) is 5.26 Å². The van der Waals surface area contributed by atoms with Crippen molar-refractivity contribution in [2.75, 3.05) is 0 Å². The highest BCUT2D eigenvalue weighted by Crippen LogP contribution is 2.55. The standard InChI is InChI=1S/C16H16N2O3/c1-15(9-17)14(10-6-7-20-8-10)13-11(19)4-3-5-12(13)21-16(15,2)18/h3-8,13-14H,18H2,1-2H3. The van der Waals surface area contributed by atoms with Crippen LogP contribution in [0.25, 0.3) is 0 Å². The van der Waals surface area contributed by atoms with Gasteiger partial charge in [-0.15, -0.1) is 0 Å². The van der Waals surface area contributed by atoms with Crippen LogP contribution in [0.1, 0.15) is 25.3 Å². The third kappa shape index (κ3) is 1.76. The van der Waals surface area contributed by atoms with Crippen LogP contribution in [0.4, 0.5) is 0 Å². The monoisotopic (exact) mass is 284 g/mol. The smallest absolute Gasteiger partial charge is 0.174 e. The van der Waals surface area contributed by atoms with Gasteiger partial charge in [-0.3, -0.25) is 10.5 Å². The number of carbonyl (C=O) groups is 1. The molecule has 0 saturated carbocycles. The highest BCUT2D eigenvalue weighted by atomic mass is 16.5. The van der Waals surface area contributed by atoms with E-state index in [4.69, 9.17) is 14.9 Å². The number of allylic oxidation sites excluding steroid dienone is 4. The van der Waals surface area contributed by atoms with E-state index in [-0.39, 0.29) is 5.78 Å². The molecule has 2 heterocycles. The first-order valence-electron chi connectivity index (χ1n) is 6.74. The molecule has 0 aromatic carbocycles. The van der Waals surface area contributed by atoms with Gasteiger partial charge in [0.05, 0.1) is 24.5 Å². The van der Waals surface area contributed by atoms with Crippen LogP contribution in [0.2, 0.25) is 0 Å². The molecule has 1 aromatic rings. The highest BCUT2D eigenvalue weighted by Gasteiger charge is 2.60. The number of nitrogens with zero attached hydrogens (tertiary/aromatic N) is 1. The van der Waals surface area contributed by atoms with Crippen molar-refractivity contribution in [1.82, 2.24) is 0 Å². The Morgan fingerprint density at radius 3 is 2.81 bits per heavy atom. The number of furan rings is 1. The van der Waals surface area contributed by atoms with Crippen molar-refractivity contribution in [3.63, 3.8) is 0 Å². The second-order valence-corrected chi connectivity index (χ2v) is 5.87. The molecule has 5 heteroatoms. The van der Waals surface area contributed by atoms with Gasteiger partial charge < -0.3 is 9.15 Å². The minimum absolute atomic E-state index is 0.0873. The van der Waals surface area contributed by atoms with Gasteiger partial charge in [0.1, 0.15) is 11.2 Å². The van der Waals surface area contributed by atoms with Gasteiger partial charge in [0.15, 0.2) is 11.5 Å². The van der Waals surface area contributed by atoms with Gasteiger partial charge in [0, 0.05) is 5.92 Å². The minimum Gasteiger partial charge on any atom is -0.475 e. The Balaban J connectivity index is 2.22. The van der Waals surface area contributed by atoms with Gasteiger partial charge in [-0.05, 0) is 37.6 Å². The van der Waals surface area contributed by atoms with Crippen LogP contribution in [0.5, 0.6) is 0 Å². The summed E-state index contributed by atoms with van der Waals surface area (Å²) >= 11 is 0. The Bertz CT molecular complexity index is 679. The van der Waals surface area contributed by atoms with E-state index in [0.717, 1.165) is 5.56 Å². The van der Waals surface area contributed by atoms with Crippen LogP contribution in [0.3, 0.4) is 0 Å². The van der Waals surface area contributed by atoms with Crippen LogP contribution in [0, 0.1) is 22.7 Å². The van der Waals surface area contributed by atoms with Gasteiger partial charge in [0.2, 0.25) is 0 Å². The number of ether oxygens (including phenoxy) is 1. The summed E-state index contributed by atoms with van der Waals surface area (Å²) in [5.41, 5.74) is 4.76. The summed E-state index contributed by atoms with van der Waals surface area (Å²) < 4.78 is 10.9. The van der Waals surface area contributed by atoms with E-state index in [9.17, 15) is 10.1 Å². The fourth-order valence-electron chi connectivity index (χ4n) is 3.16. The number of hydrogen-bond donors (Lipinski definition) is 1. The lowest BCUT2D eigenvalue weighted by molar-refractivity contribution is -0.141. The first kappa shape index (κ1) is 13.7. The topological polar surface area (TPSA) is 89.2 Å². The maximum absolute atomic E-state index is 12.4. The first-order chi connectivity index (χ1) is 9.90. The van der Waals surface area contributed by atoms with Crippen molar-refractivity contribution in [1.29, 1.82) is 5.26 Å². The van der Waals surface area contributed by atoms with Crippen molar-refractivity contribution in [3.8, 4) is 6.07 Å². The Kier molecular flexibility index (Phi) is 2.82. The van der Waals surface area contributed by atoms with E-state index in [2.05, 4.69) is 6.07 Å². The number of rotatable bonds is 1. The minimum atomic E-state index is -1.21. The summed E-state index contributed by atoms with van der Waals surface area (Å²) in [5, 5.41) is 9.74. The predicted molar refractivity (Wildman–Crippen MR) is 74.6 cm³/mol. The summed E-state index contributed by atoms with van der Waals surface area (Å²) in [6.45, 7) is 3.40. The maximum atomic E-state index is 12.4. The second-order valence-electron chi connectivity index (χ2n) is 5.87. The molecule has 1 saturated heterocycles. The van der Waals surface area contributed by atoms with Crippen LogP contribution >= 0.6 is 0 Å². The van der Waals surface area contributed by atoms with Gasteiger partial charge in [-0.1, -0.05) is 6.08 Å². The van der Waals surface area contributed by atoms with Crippen molar-refractivity contribution in [3.05, 3.63) is 48.1 Å². The molecule has 108 valence electrons. The zero-order valence-electron chi connectivity index (χ0n) is 11.9. The number of fused-ring (bicyclic) bond motifs is 1. The fraction of sp³-hybridized carbons (Fsp3) is 0.375. The molecule has 21 heavy (non-hydrogen) atoms. The summed E-state index contributed by atoms with van der Waals surface area (Å²) in [4.78, 5) is 12.4. The van der Waals surface area contributed by atoms with Crippen molar-refractivity contribution in [2.24, 2.45) is 17.1 Å². The molecule has 3 rings (SSSR count). The Morgan fingerprint density at radius 1 is 1.43 bits per heavy atom. The zero-order valence-corrected chi connectivity index (χ0v) is 11.9. The quantitative estimate of drug-likeness (QED) is 0.854. The molecule has 0 radical (unpaired) electrons. The van der Waals surface area contributed by atoms with Crippen LogP contribution in [0.15, 0.2) is 47.0 Å². The van der Waals surface area contributed by atoms with Crippen LogP contribution in [-0.4, -0.2) is 11.5 Å². The van der Waals surface area contributed by atoms with Crippen LogP contribution in [-0.2, 0) is 9.53 Å². The number of hydrogen-bond acceptors (Lipinski definition) is 5. The number of nitriles is 1.